The minimum atomic E-state index is -0.423. The molecule has 6 heteroatoms. The molecule has 1 aliphatic rings. The van der Waals surface area contributed by atoms with Crippen LogP contribution in [-0.4, -0.2) is 30.2 Å². The van der Waals surface area contributed by atoms with Crippen LogP contribution in [0.4, 0.5) is 21.8 Å². The maximum atomic E-state index is 13.8. The van der Waals surface area contributed by atoms with E-state index in [0.717, 1.165) is 37.3 Å². The zero-order chi connectivity index (χ0) is 16.9. The quantitative estimate of drug-likeness (QED) is 0.868. The van der Waals surface area contributed by atoms with Crippen molar-refractivity contribution in [2.45, 2.75) is 19.8 Å². The number of methoxy groups -OCH3 is 1. The number of hydrogen-bond donors (Lipinski definition) is 1. The molecule has 0 radical (unpaired) electrons. The molecule has 0 saturated carbocycles. The van der Waals surface area contributed by atoms with Crippen LogP contribution in [0.15, 0.2) is 30.5 Å². The van der Waals surface area contributed by atoms with Gasteiger partial charge in [0.25, 0.3) is 0 Å². The molecule has 0 spiro atoms. The number of hydrogen-bond acceptors (Lipinski definition) is 5. The molecule has 3 rings (SSSR count). The predicted molar refractivity (Wildman–Crippen MR) is 94.4 cm³/mol. The predicted octanol–water partition coefficient (Wildman–Crippen LogP) is 4.00. The smallest absolute Gasteiger partial charge is 0.229 e. The SMILES string of the molecule is CCCCN1CC=Cc2cnc(Nc3ccc(OC)c(F)c3)nc21. The standard InChI is InChI=1S/C18H21FN4O/c1-3-4-9-23-10-5-6-13-12-20-18(22-17(13)23)21-14-7-8-16(24-2)15(19)11-14/h5-8,11-12H,3-4,9-10H2,1-2H3,(H,20,21,22). The number of aromatic nitrogens is 2. The summed E-state index contributed by atoms with van der Waals surface area (Å²) >= 11 is 0. The van der Waals surface area contributed by atoms with Crippen LogP contribution in [0.3, 0.4) is 0 Å². The van der Waals surface area contributed by atoms with Crippen molar-refractivity contribution in [3.05, 3.63) is 41.9 Å². The maximum Gasteiger partial charge on any atom is 0.229 e. The van der Waals surface area contributed by atoms with Gasteiger partial charge in [-0.1, -0.05) is 25.5 Å². The van der Waals surface area contributed by atoms with Crippen LogP contribution in [0.1, 0.15) is 25.3 Å². The van der Waals surface area contributed by atoms with E-state index in [0.29, 0.717) is 11.6 Å². The minimum Gasteiger partial charge on any atom is -0.494 e. The van der Waals surface area contributed by atoms with E-state index in [1.165, 1.54) is 13.2 Å². The van der Waals surface area contributed by atoms with Crippen LogP contribution in [0.5, 0.6) is 5.75 Å². The topological polar surface area (TPSA) is 50.3 Å². The van der Waals surface area contributed by atoms with Crippen LogP contribution in [0, 0.1) is 5.82 Å². The number of rotatable bonds is 6. The monoisotopic (exact) mass is 328 g/mol. The van der Waals surface area contributed by atoms with Gasteiger partial charge >= 0.3 is 0 Å². The van der Waals surface area contributed by atoms with E-state index in [9.17, 15) is 4.39 Å². The van der Waals surface area contributed by atoms with Gasteiger partial charge < -0.3 is 15.0 Å². The number of benzene rings is 1. The summed E-state index contributed by atoms with van der Waals surface area (Å²) in [5.74, 6) is 1.16. The Morgan fingerprint density at radius 3 is 3.00 bits per heavy atom. The highest BCUT2D eigenvalue weighted by Gasteiger charge is 2.16. The van der Waals surface area contributed by atoms with Crippen LogP contribution < -0.4 is 15.0 Å². The second kappa shape index (κ2) is 7.29. The lowest BCUT2D eigenvalue weighted by atomic mass is 10.2. The summed E-state index contributed by atoms with van der Waals surface area (Å²) in [6, 6.07) is 4.68. The Balaban J connectivity index is 1.82. The summed E-state index contributed by atoms with van der Waals surface area (Å²) < 4.78 is 18.7. The molecule has 0 saturated heterocycles. The van der Waals surface area contributed by atoms with Crippen molar-refractivity contribution in [2.24, 2.45) is 0 Å². The number of nitrogens with zero attached hydrogens (tertiary/aromatic N) is 3. The van der Waals surface area contributed by atoms with Crippen LogP contribution in [0.25, 0.3) is 6.08 Å². The molecule has 0 bridgehead atoms. The zero-order valence-electron chi connectivity index (χ0n) is 13.9. The second-order valence-corrected chi connectivity index (χ2v) is 5.65. The summed E-state index contributed by atoms with van der Waals surface area (Å²) in [4.78, 5) is 11.2. The van der Waals surface area contributed by atoms with Crippen molar-refractivity contribution in [1.82, 2.24) is 9.97 Å². The third-order valence-corrected chi connectivity index (χ3v) is 3.91. The molecule has 0 unspecified atom stereocenters. The molecule has 1 aromatic heterocycles. The lowest BCUT2D eigenvalue weighted by molar-refractivity contribution is 0.386. The van der Waals surface area contributed by atoms with Gasteiger partial charge in [-0.25, -0.2) is 9.37 Å². The van der Waals surface area contributed by atoms with Crippen molar-refractivity contribution in [3.8, 4) is 5.75 Å². The Morgan fingerprint density at radius 1 is 1.38 bits per heavy atom. The highest BCUT2D eigenvalue weighted by atomic mass is 19.1. The van der Waals surface area contributed by atoms with E-state index in [4.69, 9.17) is 4.74 Å². The van der Waals surface area contributed by atoms with Gasteiger partial charge in [-0.3, -0.25) is 0 Å². The van der Waals surface area contributed by atoms with Gasteiger partial charge in [0.15, 0.2) is 11.6 Å². The highest BCUT2D eigenvalue weighted by molar-refractivity contribution is 5.69. The molecular formula is C18H21FN4O. The second-order valence-electron chi connectivity index (χ2n) is 5.65. The van der Waals surface area contributed by atoms with Crippen LogP contribution in [-0.2, 0) is 0 Å². The molecule has 126 valence electrons. The Morgan fingerprint density at radius 2 is 2.25 bits per heavy atom. The summed E-state index contributed by atoms with van der Waals surface area (Å²) in [6.07, 6.45) is 8.20. The molecule has 1 aliphatic heterocycles. The number of nitrogens with one attached hydrogen (secondary N) is 1. The van der Waals surface area contributed by atoms with Crippen molar-refractivity contribution in [2.75, 3.05) is 30.4 Å². The van der Waals surface area contributed by atoms with Crippen molar-refractivity contribution in [1.29, 1.82) is 0 Å². The Labute approximate surface area is 141 Å². The minimum absolute atomic E-state index is 0.211. The van der Waals surface area contributed by atoms with E-state index >= 15 is 0 Å². The molecule has 0 atom stereocenters. The third-order valence-electron chi connectivity index (χ3n) is 3.91. The first-order valence-electron chi connectivity index (χ1n) is 8.10. The lowest BCUT2D eigenvalue weighted by Crippen LogP contribution is -2.28. The normalized spacial score (nSPS) is 12.9. The van der Waals surface area contributed by atoms with E-state index in [1.807, 2.05) is 6.08 Å². The molecule has 0 amide bonds. The maximum absolute atomic E-state index is 13.8. The molecule has 5 nitrogen and oxygen atoms in total. The van der Waals surface area contributed by atoms with Gasteiger partial charge in [0.2, 0.25) is 5.95 Å². The van der Waals surface area contributed by atoms with Crippen LogP contribution >= 0.6 is 0 Å². The van der Waals surface area contributed by atoms with Gasteiger partial charge in [0.1, 0.15) is 5.82 Å². The summed E-state index contributed by atoms with van der Waals surface area (Å²) in [6.45, 7) is 3.98. The first-order valence-corrected chi connectivity index (χ1v) is 8.10. The largest absolute Gasteiger partial charge is 0.494 e. The summed E-state index contributed by atoms with van der Waals surface area (Å²) in [7, 11) is 1.44. The van der Waals surface area contributed by atoms with Gasteiger partial charge in [-0.05, 0) is 18.6 Å². The number of anilines is 3. The Hall–Kier alpha value is -2.63. The van der Waals surface area contributed by atoms with E-state index in [-0.39, 0.29) is 5.75 Å². The third kappa shape index (κ3) is 3.48. The van der Waals surface area contributed by atoms with Crippen molar-refractivity contribution < 1.29 is 9.13 Å². The molecular weight excluding hydrogens is 307 g/mol. The van der Waals surface area contributed by atoms with Gasteiger partial charge in [0, 0.05) is 36.6 Å². The highest BCUT2D eigenvalue weighted by Crippen LogP contribution is 2.27. The number of halogens is 1. The average molecular weight is 328 g/mol. The van der Waals surface area contributed by atoms with Gasteiger partial charge in [0.05, 0.1) is 7.11 Å². The molecule has 1 N–H and O–H groups in total. The van der Waals surface area contributed by atoms with E-state index < -0.39 is 5.82 Å². The first kappa shape index (κ1) is 16.2. The van der Waals surface area contributed by atoms with E-state index in [1.54, 1.807) is 18.3 Å². The molecule has 0 fully saturated rings. The van der Waals surface area contributed by atoms with E-state index in [2.05, 4.69) is 33.2 Å². The van der Waals surface area contributed by atoms with Crippen molar-refractivity contribution in [3.63, 3.8) is 0 Å². The number of unbranched alkanes of at least 4 members (excludes halogenated alkanes) is 1. The van der Waals surface area contributed by atoms with Crippen LogP contribution in [0.2, 0.25) is 0 Å². The number of ether oxygens (including phenoxy) is 1. The summed E-state index contributed by atoms with van der Waals surface area (Å²) in [5, 5.41) is 3.05. The fourth-order valence-corrected chi connectivity index (χ4v) is 2.63. The zero-order valence-corrected chi connectivity index (χ0v) is 13.9. The fourth-order valence-electron chi connectivity index (χ4n) is 2.63. The number of fused-ring (bicyclic) bond motifs is 1. The fraction of sp³-hybridized carbons (Fsp3) is 0.333. The molecule has 1 aromatic carbocycles. The lowest BCUT2D eigenvalue weighted by Gasteiger charge is -2.26. The average Bonchev–Trinajstić information content (AvgIpc) is 2.60. The summed E-state index contributed by atoms with van der Waals surface area (Å²) in [5.41, 5.74) is 1.59. The Kier molecular flexibility index (Phi) is 4.93. The molecule has 2 heterocycles. The first-order chi connectivity index (χ1) is 11.7. The van der Waals surface area contributed by atoms with Crippen molar-refractivity contribution >= 4 is 23.5 Å². The van der Waals surface area contributed by atoms with Gasteiger partial charge in [-0.2, -0.15) is 4.98 Å². The Bertz CT molecular complexity index is 748. The van der Waals surface area contributed by atoms with Gasteiger partial charge in [-0.15, -0.1) is 0 Å². The molecule has 2 aromatic rings. The molecule has 0 aliphatic carbocycles. The molecule has 24 heavy (non-hydrogen) atoms.